The van der Waals surface area contributed by atoms with Gasteiger partial charge in [-0.05, 0) is 18.2 Å². The number of ether oxygens (including phenoxy) is 1. The number of rotatable bonds is 4. The predicted octanol–water partition coefficient (Wildman–Crippen LogP) is 4.82. The van der Waals surface area contributed by atoms with E-state index in [-0.39, 0.29) is 5.91 Å². The highest BCUT2D eigenvalue weighted by Gasteiger charge is 2.22. The quantitative estimate of drug-likeness (QED) is 0.716. The molecule has 1 aromatic carbocycles. The number of carbonyl (C=O) groups is 1. The van der Waals surface area contributed by atoms with Crippen LogP contribution in [0.1, 0.15) is 45.7 Å². The standard InChI is InChI=1S/C19H18N2O2S2/c1-11(2)19-21-13(10-24-19)8-20-18(22)16-7-12-9-23-15-6-4-3-5-14(15)17(12)25-16/h3-7,10-11H,8-9H2,1-2H3,(H,20,22). The third kappa shape index (κ3) is 3.19. The monoisotopic (exact) mass is 370 g/mol. The van der Waals surface area contributed by atoms with E-state index in [0.29, 0.717) is 23.9 Å². The van der Waals surface area contributed by atoms with Gasteiger partial charge in [-0.2, -0.15) is 0 Å². The molecule has 0 aliphatic carbocycles. The topological polar surface area (TPSA) is 51.2 Å². The highest BCUT2D eigenvalue weighted by Crippen LogP contribution is 2.42. The molecule has 1 amide bonds. The molecule has 0 saturated heterocycles. The molecule has 128 valence electrons. The molecule has 3 aromatic rings. The maximum absolute atomic E-state index is 12.5. The summed E-state index contributed by atoms with van der Waals surface area (Å²) in [4.78, 5) is 18.9. The van der Waals surface area contributed by atoms with Crippen molar-refractivity contribution < 1.29 is 9.53 Å². The minimum atomic E-state index is -0.0593. The fourth-order valence-corrected chi connectivity index (χ4v) is 4.69. The van der Waals surface area contributed by atoms with Gasteiger partial charge in [-0.1, -0.05) is 26.0 Å². The van der Waals surface area contributed by atoms with Gasteiger partial charge in [-0.3, -0.25) is 4.79 Å². The van der Waals surface area contributed by atoms with Gasteiger partial charge in [0.1, 0.15) is 12.4 Å². The summed E-state index contributed by atoms with van der Waals surface area (Å²) >= 11 is 3.16. The minimum Gasteiger partial charge on any atom is -0.488 e. The van der Waals surface area contributed by atoms with Crippen molar-refractivity contribution in [3.63, 3.8) is 0 Å². The summed E-state index contributed by atoms with van der Waals surface area (Å²) in [5.74, 6) is 1.24. The Morgan fingerprint density at radius 3 is 3.00 bits per heavy atom. The molecule has 0 spiro atoms. The molecular weight excluding hydrogens is 352 g/mol. The Morgan fingerprint density at radius 1 is 1.36 bits per heavy atom. The predicted molar refractivity (Wildman–Crippen MR) is 101 cm³/mol. The van der Waals surface area contributed by atoms with Crippen molar-refractivity contribution in [2.45, 2.75) is 32.9 Å². The van der Waals surface area contributed by atoms with Gasteiger partial charge in [0.25, 0.3) is 5.91 Å². The number of hydrogen-bond acceptors (Lipinski definition) is 5. The van der Waals surface area contributed by atoms with Crippen LogP contribution in [0, 0.1) is 0 Å². The van der Waals surface area contributed by atoms with E-state index in [2.05, 4.69) is 24.1 Å². The van der Waals surface area contributed by atoms with Crippen LogP contribution in [-0.4, -0.2) is 10.9 Å². The summed E-state index contributed by atoms with van der Waals surface area (Å²) in [6.07, 6.45) is 0. The number of thiazole rings is 1. The van der Waals surface area contributed by atoms with E-state index >= 15 is 0 Å². The highest BCUT2D eigenvalue weighted by molar-refractivity contribution is 7.17. The molecule has 6 heteroatoms. The van der Waals surface area contributed by atoms with Crippen LogP contribution in [0.2, 0.25) is 0 Å². The zero-order chi connectivity index (χ0) is 17.4. The summed E-state index contributed by atoms with van der Waals surface area (Å²) in [5.41, 5.74) is 3.05. The third-order valence-corrected chi connectivity index (χ3v) is 6.44. The van der Waals surface area contributed by atoms with Crippen LogP contribution in [-0.2, 0) is 13.2 Å². The number of hydrogen-bond donors (Lipinski definition) is 1. The normalized spacial score (nSPS) is 12.4. The molecule has 0 bridgehead atoms. The van der Waals surface area contributed by atoms with Gasteiger partial charge >= 0.3 is 0 Å². The third-order valence-electron chi connectivity index (χ3n) is 4.04. The molecule has 0 fully saturated rings. The molecule has 2 aromatic heterocycles. The number of thiophene rings is 1. The molecule has 25 heavy (non-hydrogen) atoms. The van der Waals surface area contributed by atoms with Gasteiger partial charge < -0.3 is 10.1 Å². The second-order valence-corrected chi connectivity index (χ2v) is 8.21. The number of nitrogens with zero attached hydrogens (tertiary/aromatic N) is 1. The van der Waals surface area contributed by atoms with Crippen LogP contribution < -0.4 is 10.1 Å². The fraction of sp³-hybridized carbons (Fsp3) is 0.263. The Bertz CT molecular complexity index is 927. The number of amides is 1. The second-order valence-electron chi connectivity index (χ2n) is 6.26. The molecule has 1 aliphatic rings. The van der Waals surface area contributed by atoms with E-state index in [0.717, 1.165) is 32.5 Å². The van der Waals surface area contributed by atoms with Crippen LogP contribution in [0.3, 0.4) is 0 Å². The Balaban J connectivity index is 1.49. The molecule has 3 heterocycles. The Labute approximate surface area is 154 Å². The van der Waals surface area contributed by atoms with Crippen molar-refractivity contribution in [1.29, 1.82) is 0 Å². The van der Waals surface area contributed by atoms with Gasteiger partial charge in [-0.15, -0.1) is 22.7 Å². The number of aromatic nitrogens is 1. The summed E-state index contributed by atoms with van der Waals surface area (Å²) in [5, 5.41) is 6.09. The van der Waals surface area contributed by atoms with Gasteiger partial charge in [-0.25, -0.2) is 4.98 Å². The lowest BCUT2D eigenvalue weighted by molar-refractivity contribution is 0.0954. The molecule has 0 saturated carbocycles. The number of fused-ring (bicyclic) bond motifs is 3. The second kappa shape index (κ2) is 6.61. The Morgan fingerprint density at radius 2 is 2.20 bits per heavy atom. The molecule has 1 aliphatic heterocycles. The van der Waals surface area contributed by atoms with Crippen LogP contribution in [0.5, 0.6) is 5.75 Å². The minimum absolute atomic E-state index is 0.0593. The van der Waals surface area contributed by atoms with Crippen molar-refractivity contribution in [2.75, 3.05) is 0 Å². The van der Waals surface area contributed by atoms with E-state index in [1.165, 1.54) is 11.3 Å². The maximum atomic E-state index is 12.5. The van der Waals surface area contributed by atoms with Crippen molar-refractivity contribution in [3.05, 3.63) is 56.9 Å². The molecule has 0 unspecified atom stereocenters. The summed E-state index contributed by atoms with van der Waals surface area (Å²) in [6, 6.07) is 9.89. The van der Waals surface area contributed by atoms with Crippen LogP contribution in [0.25, 0.3) is 10.4 Å². The lowest BCUT2D eigenvalue weighted by atomic mass is 10.1. The first-order valence-electron chi connectivity index (χ1n) is 8.19. The van der Waals surface area contributed by atoms with E-state index < -0.39 is 0 Å². The maximum Gasteiger partial charge on any atom is 0.261 e. The number of benzene rings is 1. The largest absolute Gasteiger partial charge is 0.488 e. The zero-order valence-corrected chi connectivity index (χ0v) is 15.7. The van der Waals surface area contributed by atoms with E-state index in [1.807, 2.05) is 35.7 Å². The van der Waals surface area contributed by atoms with Crippen molar-refractivity contribution in [2.24, 2.45) is 0 Å². The van der Waals surface area contributed by atoms with Gasteiger partial charge in [0.2, 0.25) is 0 Å². The van der Waals surface area contributed by atoms with Gasteiger partial charge in [0.15, 0.2) is 0 Å². The molecule has 0 atom stereocenters. The Hall–Kier alpha value is -2.18. The summed E-state index contributed by atoms with van der Waals surface area (Å²) in [6.45, 7) is 5.21. The van der Waals surface area contributed by atoms with Crippen LogP contribution in [0.15, 0.2) is 35.7 Å². The smallest absolute Gasteiger partial charge is 0.261 e. The van der Waals surface area contributed by atoms with Crippen LogP contribution in [0.4, 0.5) is 0 Å². The highest BCUT2D eigenvalue weighted by atomic mass is 32.1. The molecule has 4 nitrogen and oxygen atoms in total. The first-order valence-corrected chi connectivity index (χ1v) is 9.89. The zero-order valence-electron chi connectivity index (χ0n) is 14.0. The first kappa shape index (κ1) is 16.3. The molecule has 1 N–H and O–H groups in total. The lowest BCUT2D eigenvalue weighted by Gasteiger charge is -2.16. The SMILES string of the molecule is CC(C)c1nc(CNC(=O)c2cc3c(s2)-c2ccccc2OC3)cs1. The molecular formula is C19H18N2O2S2. The Kier molecular flexibility index (Phi) is 4.31. The van der Waals surface area contributed by atoms with Crippen molar-refractivity contribution >= 4 is 28.6 Å². The van der Waals surface area contributed by atoms with Gasteiger partial charge in [0, 0.05) is 27.3 Å². The average Bonchev–Trinajstić information content (AvgIpc) is 3.26. The van der Waals surface area contributed by atoms with Crippen molar-refractivity contribution in [1.82, 2.24) is 10.3 Å². The molecule has 0 radical (unpaired) electrons. The van der Waals surface area contributed by atoms with Crippen LogP contribution >= 0.6 is 22.7 Å². The lowest BCUT2D eigenvalue weighted by Crippen LogP contribution is -2.22. The average molecular weight is 370 g/mol. The summed E-state index contributed by atoms with van der Waals surface area (Å²) < 4.78 is 5.76. The van der Waals surface area contributed by atoms with E-state index in [9.17, 15) is 4.79 Å². The number of carbonyl (C=O) groups excluding carboxylic acids is 1. The van der Waals surface area contributed by atoms with E-state index in [4.69, 9.17) is 4.74 Å². The van der Waals surface area contributed by atoms with Gasteiger partial charge in [0.05, 0.1) is 22.1 Å². The molecule has 4 rings (SSSR count). The fourth-order valence-electron chi connectivity index (χ4n) is 2.74. The van der Waals surface area contributed by atoms with Crippen molar-refractivity contribution in [3.8, 4) is 16.2 Å². The number of para-hydroxylation sites is 1. The summed E-state index contributed by atoms with van der Waals surface area (Å²) in [7, 11) is 0. The van der Waals surface area contributed by atoms with E-state index in [1.54, 1.807) is 11.3 Å². The number of nitrogens with one attached hydrogen (secondary N) is 1. The first-order chi connectivity index (χ1) is 12.1.